The van der Waals surface area contributed by atoms with Crippen molar-refractivity contribution in [2.75, 3.05) is 95.0 Å². The molecule has 1 fully saturated rings. The maximum atomic E-state index is 4.82. The first-order valence-electron chi connectivity index (χ1n) is 14.1. The summed E-state index contributed by atoms with van der Waals surface area (Å²) in [6.07, 6.45) is 1.13. The van der Waals surface area contributed by atoms with Gasteiger partial charge < -0.3 is 24.5 Å². The van der Waals surface area contributed by atoms with E-state index in [9.17, 15) is 0 Å². The minimum absolute atomic E-state index is 0.814. The van der Waals surface area contributed by atoms with Gasteiger partial charge in [0.05, 0.1) is 31.0 Å². The minimum atomic E-state index is 0.814. The molecule has 40 heavy (non-hydrogen) atoms. The third kappa shape index (κ3) is 5.93. The van der Waals surface area contributed by atoms with Gasteiger partial charge in [0.1, 0.15) is 0 Å². The first-order valence-corrected chi connectivity index (χ1v) is 14.1. The van der Waals surface area contributed by atoms with Gasteiger partial charge in [-0.15, -0.1) is 0 Å². The van der Waals surface area contributed by atoms with Gasteiger partial charge in [0.2, 0.25) is 0 Å². The maximum Gasteiger partial charge on any atom is 0.0928 e. The van der Waals surface area contributed by atoms with Crippen molar-refractivity contribution in [2.24, 2.45) is 0 Å². The van der Waals surface area contributed by atoms with E-state index < -0.39 is 0 Å². The Morgan fingerprint density at radius 1 is 0.650 bits per heavy atom. The Morgan fingerprint density at radius 3 is 1.55 bits per heavy atom. The van der Waals surface area contributed by atoms with Gasteiger partial charge in [0.25, 0.3) is 0 Å². The van der Waals surface area contributed by atoms with E-state index in [1.54, 1.807) is 0 Å². The molecule has 1 aliphatic rings. The highest BCUT2D eigenvalue weighted by molar-refractivity contribution is 5.95. The summed E-state index contributed by atoms with van der Waals surface area (Å²) in [5, 5.41) is 2.37. The molecule has 0 atom stereocenters. The molecule has 0 amide bonds. The van der Waals surface area contributed by atoms with Crippen molar-refractivity contribution < 1.29 is 0 Å². The van der Waals surface area contributed by atoms with Crippen molar-refractivity contribution in [3.8, 4) is 0 Å². The molecule has 4 aromatic rings. The van der Waals surface area contributed by atoms with E-state index in [0.717, 1.165) is 61.9 Å². The number of pyridine rings is 2. The number of benzene rings is 2. The predicted octanol–water partition coefficient (Wildman–Crippen LogP) is 4.98. The van der Waals surface area contributed by atoms with Crippen molar-refractivity contribution >= 4 is 44.6 Å². The summed E-state index contributed by atoms with van der Waals surface area (Å²) in [6, 6.07) is 17.8. The molecule has 0 spiro atoms. The van der Waals surface area contributed by atoms with Crippen LogP contribution in [0.1, 0.15) is 17.8 Å². The Morgan fingerprint density at radius 2 is 1.12 bits per heavy atom. The lowest BCUT2D eigenvalue weighted by Crippen LogP contribution is -2.55. The van der Waals surface area contributed by atoms with Crippen LogP contribution in [0.3, 0.4) is 0 Å². The molecule has 8 heteroatoms. The molecule has 3 heterocycles. The quantitative estimate of drug-likeness (QED) is 0.310. The monoisotopic (exact) mass is 540 g/mol. The molecule has 0 bridgehead atoms. The lowest BCUT2D eigenvalue weighted by atomic mass is 10.1. The Kier molecular flexibility index (Phi) is 8.01. The molecule has 5 rings (SSSR count). The maximum absolute atomic E-state index is 4.82. The molecule has 0 N–H and O–H groups in total. The van der Waals surface area contributed by atoms with Crippen LogP contribution in [0.2, 0.25) is 0 Å². The number of aromatic nitrogens is 2. The fourth-order valence-corrected chi connectivity index (χ4v) is 5.68. The smallest absolute Gasteiger partial charge is 0.0928 e. The summed E-state index contributed by atoms with van der Waals surface area (Å²) >= 11 is 0. The Balaban J connectivity index is 1.52. The van der Waals surface area contributed by atoms with Gasteiger partial charge in [-0.05, 0) is 89.4 Å². The second-order valence-electron chi connectivity index (χ2n) is 11.8. The number of aryl methyl sites for hydroxylation is 2. The normalized spacial score (nSPS) is 14.5. The average molecular weight is 541 g/mol. The number of anilines is 4. The van der Waals surface area contributed by atoms with Crippen LogP contribution >= 0.6 is 0 Å². The van der Waals surface area contributed by atoms with Gasteiger partial charge in [0.15, 0.2) is 0 Å². The molecule has 0 aliphatic carbocycles. The van der Waals surface area contributed by atoms with Crippen molar-refractivity contribution in [1.82, 2.24) is 19.8 Å². The summed E-state index contributed by atoms with van der Waals surface area (Å²) < 4.78 is 0. The number of hydrogen-bond donors (Lipinski definition) is 0. The van der Waals surface area contributed by atoms with Gasteiger partial charge in [0, 0.05) is 79.6 Å². The second kappa shape index (κ2) is 11.5. The molecule has 0 unspecified atom stereocenters. The largest absolute Gasteiger partial charge is 0.377 e. The van der Waals surface area contributed by atoms with Crippen LogP contribution in [0.15, 0.2) is 48.5 Å². The zero-order valence-electron chi connectivity index (χ0n) is 25.4. The third-order valence-corrected chi connectivity index (χ3v) is 7.65. The third-order valence-electron chi connectivity index (χ3n) is 7.65. The van der Waals surface area contributed by atoms with Gasteiger partial charge in [-0.1, -0.05) is 0 Å². The highest BCUT2D eigenvalue weighted by Crippen LogP contribution is 2.33. The second-order valence-corrected chi connectivity index (χ2v) is 11.8. The van der Waals surface area contributed by atoms with Crippen molar-refractivity contribution in [3.63, 3.8) is 0 Å². The molecule has 8 nitrogen and oxygen atoms in total. The summed E-state index contributed by atoms with van der Waals surface area (Å²) in [7, 11) is 12.7. The molecule has 1 saturated heterocycles. The van der Waals surface area contributed by atoms with Crippen LogP contribution in [0.4, 0.5) is 22.7 Å². The molecule has 1 aliphatic heterocycles. The van der Waals surface area contributed by atoms with Crippen molar-refractivity contribution in [1.29, 1.82) is 0 Å². The lowest BCUT2D eigenvalue weighted by Gasteiger charge is -2.44. The Hall–Kier alpha value is -3.62. The highest BCUT2D eigenvalue weighted by Gasteiger charge is 2.25. The molecule has 212 valence electrons. The number of hydrogen-bond acceptors (Lipinski definition) is 8. The van der Waals surface area contributed by atoms with E-state index in [0.29, 0.717) is 0 Å². The topological polar surface area (TPSA) is 45.2 Å². The molecular formula is C32H44N8. The van der Waals surface area contributed by atoms with Crippen LogP contribution in [-0.4, -0.2) is 95.1 Å². The number of nitrogens with zero attached hydrogens (tertiary/aromatic N) is 8. The predicted molar refractivity (Wildman–Crippen MR) is 171 cm³/mol. The summed E-state index contributed by atoms with van der Waals surface area (Å²) in [5.74, 6) is 0. The summed E-state index contributed by atoms with van der Waals surface area (Å²) in [5.41, 5.74) is 9.00. The molecule has 2 aromatic heterocycles. The number of rotatable bonds is 8. The van der Waals surface area contributed by atoms with E-state index >= 15 is 0 Å². The lowest BCUT2D eigenvalue weighted by molar-refractivity contribution is 0.229. The van der Waals surface area contributed by atoms with Gasteiger partial charge >= 0.3 is 0 Å². The summed E-state index contributed by atoms with van der Waals surface area (Å²) in [4.78, 5) is 23.8. The number of fused-ring (bicyclic) bond motifs is 2. The fraction of sp³-hybridized carbons (Fsp3) is 0.438. The Labute approximate surface area is 239 Å². The zero-order chi connectivity index (χ0) is 28.6. The SMILES string of the molecule is Cc1cc(N(C)C)c2cc(N3CN(CCCN(C)C)CN(c4ccc5nc(C)cc(N(C)C)c5c4)C3)ccc2n1. The van der Waals surface area contributed by atoms with E-state index in [1.807, 2.05) is 0 Å². The van der Waals surface area contributed by atoms with E-state index in [4.69, 9.17) is 9.97 Å². The fourth-order valence-electron chi connectivity index (χ4n) is 5.68. The first-order chi connectivity index (χ1) is 19.1. The van der Waals surface area contributed by atoms with Gasteiger partial charge in [-0.25, -0.2) is 0 Å². The van der Waals surface area contributed by atoms with Crippen LogP contribution in [0.25, 0.3) is 21.8 Å². The molecule has 0 radical (unpaired) electrons. The van der Waals surface area contributed by atoms with Crippen molar-refractivity contribution in [3.05, 3.63) is 59.9 Å². The highest BCUT2D eigenvalue weighted by atomic mass is 15.5. The standard InChI is InChI=1S/C32H44N8/c1-23-16-31(36(5)6)27-18-25(10-12-29(27)33-23)39-20-38(15-9-14-35(3)4)21-40(22-39)26-11-13-30-28(19-26)32(37(7)8)17-24(2)34-30/h10-13,16-19H,9,14-15,20-22H2,1-8H3. The molecule has 2 aromatic carbocycles. The molecule has 0 saturated carbocycles. The molecular weight excluding hydrogens is 496 g/mol. The van der Waals surface area contributed by atoms with Crippen LogP contribution in [-0.2, 0) is 0 Å². The van der Waals surface area contributed by atoms with E-state index in [-0.39, 0.29) is 0 Å². The zero-order valence-corrected chi connectivity index (χ0v) is 25.4. The van der Waals surface area contributed by atoms with Crippen LogP contribution < -0.4 is 19.6 Å². The van der Waals surface area contributed by atoms with Gasteiger partial charge in [-0.2, -0.15) is 0 Å². The average Bonchev–Trinajstić information content (AvgIpc) is 2.91. The van der Waals surface area contributed by atoms with E-state index in [1.165, 1.54) is 33.5 Å². The van der Waals surface area contributed by atoms with Crippen molar-refractivity contribution in [2.45, 2.75) is 20.3 Å². The van der Waals surface area contributed by atoms with E-state index in [2.05, 4.69) is 134 Å². The van der Waals surface area contributed by atoms with Crippen LogP contribution in [0, 0.1) is 13.8 Å². The Bertz CT molecular complexity index is 1390. The van der Waals surface area contributed by atoms with Gasteiger partial charge in [-0.3, -0.25) is 14.9 Å². The minimum Gasteiger partial charge on any atom is -0.377 e. The van der Waals surface area contributed by atoms with Crippen LogP contribution in [0.5, 0.6) is 0 Å². The summed E-state index contributed by atoms with van der Waals surface area (Å²) in [6.45, 7) is 8.85. The first kappa shape index (κ1) is 27.9.